The SMILES string of the molecule is CCOc1ccccc1N1CCN(C(=O)Nc2ccc(C)c(NC(=O)N3CCN(c4ccccc4OCC)CC3)c2)CC1. The van der Waals surface area contributed by atoms with Crippen molar-refractivity contribution in [2.75, 3.05) is 86.0 Å². The van der Waals surface area contributed by atoms with Gasteiger partial charge in [0, 0.05) is 63.7 Å². The van der Waals surface area contributed by atoms with Gasteiger partial charge in [-0.2, -0.15) is 0 Å². The number of hydrogen-bond acceptors (Lipinski definition) is 6. The summed E-state index contributed by atoms with van der Waals surface area (Å²) in [6.07, 6.45) is 0. The number of para-hydroxylation sites is 4. The van der Waals surface area contributed by atoms with Crippen LogP contribution >= 0.6 is 0 Å². The Morgan fingerprint density at radius 2 is 1.12 bits per heavy atom. The van der Waals surface area contributed by atoms with Crippen molar-refractivity contribution in [3.05, 3.63) is 72.3 Å². The van der Waals surface area contributed by atoms with E-state index in [-0.39, 0.29) is 12.1 Å². The van der Waals surface area contributed by atoms with Crippen molar-refractivity contribution in [1.29, 1.82) is 0 Å². The van der Waals surface area contributed by atoms with E-state index in [4.69, 9.17) is 9.47 Å². The van der Waals surface area contributed by atoms with Crippen LogP contribution in [0.15, 0.2) is 66.7 Å². The van der Waals surface area contributed by atoms with Gasteiger partial charge in [0.25, 0.3) is 0 Å². The van der Waals surface area contributed by atoms with Gasteiger partial charge in [0.15, 0.2) is 0 Å². The third kappa shape index (κ3) is 7.25. The number of nitrogens with zero attached hydrogens (tertiary/aromatic N) is 4. The Morgan fingerprint density at radius 1 is 0.651 bits per heavy atom. The summed E-state index contributed by atoms with van der Waals surface area (Å²) >= 11 is 0. The van der Waals surface area contributed by atoms with Crippen LogP contribution in [0.1, 0.15) is 19.4 Å². The monoisotopic (exact) mass is 586 g/mol. The second-order valence-electron chi connectivity index (χ2n) is 10.6. The fourth-order valence-corrected chi connectivity index (χ4v) is 5.52. The fourth-order valence-electron chi connectivity index (χ4n) is 5.52. The molecule has 2 aliphatic heterocycles. The zero-order valence-electron chi connectivity index (χ0n) is 25.3. The molecule has 2 saturated heterocycles. The summed E-state index contributed by atoms with van der Waals surface area (Å²) in [4.78, 5) is 34.5. The van der Waals surface area contributed by atoms with Crippen molar-refractivity contribution in [1.82, 2.24) is 9.80 Å². The number of carbonyl (C=O) groups excluding carboxylic acids is 2. The quantitative estimate of drug-likeness (QED) is 0.362. The molecule has 2 N–H and O–H groups in total. The van der Waals surface area contributed by atoms with E-state index in [1.807, 2.05) is 85.2 Å². The lowest BCUT2D eigenvalue weighted by atomic mass is 10.1. The Kier molecular flexibility index (Phi) is 9.76. The molecule has 5 rings (SSSR count). The lowest BCUT2D eigenvalue weighted by molar-refractivity contribution is 0.207. The number of rotatable bonds is 8. The zero-order valence-corrected chi connectivity index (χ0v) is 25.3. The van der Waals surface area contributed by atoms with Gasteiger partial charge < -0.3 is 39.7 Å². The molecule has 3 aromatic rings. The lowest BCUT2D eigenvalue weighted by Gasteiger charge is -2.37. The number of nitrogens with one attached hydrogen (secondary N) is 2. The molecule has 10 nitrogen and oxygen atoms in total. The minimum absolute atomic E-state index is 0.146. The average molecular weight is 587 g/mol. The molecule has 2 aliphatic rings. The van der Waals surface area contributed by atoms with Crippen molar-refractivity contribution in [3.63, 3.8) is 0 Å². The molecule has 228 valence electrons. The number of ether oxygens (including phenoxy) is 2. The molecule has 10 heteroatoms. The molecular formula is C33H42N6O4. The van der Waals surface area contributed by atoms with E-state index in [0.717, 1.165) is 54.6 Å². The molecule has 0 radical (unpaired) electrons. The summed E-state index contributed by atoms with van der Waals surface area (Å²) < 4.78 is 11.6. The average Bonchev–Trinajstić information content (AvgIpc) is 3.04. The molecule has 0 saturated carbocycles. The standard InChI is InChI=1S/C33H42N6O4/c1-4-42-30-12-8-6-10-28(30)36-16-20-38(21-17-36)32(40)34-26-15-14-25(3)27(24-26)35-33(41)39-22-18-37(19-23-39)29-11-7-9-13-31(29)43-5-2/h6-15,24H,4-5,16-23H2,1-3H3,(H,34,40)(H,35,41). The van der Waals surface area contributed by atoms with Gasteiger partial charge in [0.05, 0.1) is 24.6 Å². The first-order valence-corrected chi connectivity index (χ1v) is 15.1. The van der Waals surface area contributed by atoms with E-state index in [1.165, 1.54) is 0 Å². The van der Waals surface area contributed by atoms with Gasteiger partial charge in [-0.3, -0.25) is 0 Å². The van der Waals surface area contributed by atoms with Crippen LogP contribution in [0.3, 0.4) is 0 Å². The number of amides is 4. The molecule has 0 aromatic heterocycles. The van der Waals surface area contributed by atoms with Gasteiger partial charge in [-0.1, -0.05) is 30.3 Å². The lowest BCUT2D eigenvalue weighted by Crippen LogP contribution is -2.50. The second kappa shape index (κ2) is 14.0. The molecule has 0 aliphatic carbocycles. The van der Waals surface area contributed by atoms with E-state index in [2.05, 4.69) is 32.6 Å². The summed E-state index contributed by atoms with van der Waals surface area (Å²) in [5.41, 5.74) is 4.37. The smallest absolute Gasteiger partial charge is 0.321 e. The number of anilines is 4. The number of urea groups is 2. The van der Waals surface area contributed by atoms with Crippen LogP contribution in [0, 0.1) is 6.92 Å². The van der Waals surface area contributed by atoms with E-state index in [0.29, 0.717) is 50.8 Å². The first kappa shape index (κ1) is 29.9. The van der Waals surface area contributed by atoms with Gasteiger partial charge >= 0.3 is 12.1 Å². The maximum Gasteiger partial charge on any atom is 0.321 e. The van der Waals surface area contributed by atoms with Crippen LogP contribution in [0.4, 0.5) is 32.3 Å². The van der Waals surface area contributed by atoms with Crippen molar-refractivity contribution in [2.24, 2.45) is 0 Å². The van der Waals surface area contributed by atoms with Crippen LogP contribution in [-0.2, 0) is 0 Å². The Hall–Kier alpha value is -4.60. The van der Waals surface area contributed by atoms with E-state index in [1.54, 1.807) is 0 Å². The highest BCUT2D eigenvalue weighted by Crippen LogP contribution is 2.30. The Bertz CT molecular complexity index is 1400. The summed E-state index contributed by atoms with van der Waals surface area (Å²) in [5, 5.41) is 6.08. The molecule has 3 aromatic carbocycles. The predicted octanol–water partition coefficient (Wildman–Crippen LogP) is 5.50. The molecule has 0 spiro atoms. The van der Waals surface area contributed by atoms with Gasteiger partial charge in [0.2, 0.25) is 0 Å². The van der Waals surface area contributed by atoms with Crippen LogP contribution in [0.25, 0.3) is 0 Å². The Morgan fingerprint density at radius 3 is 1.60 bits per heavy atom. The summed E-state index contributed by atoms with van der Waals surface area (Å²) in [5.74, 6) is 1.73. The molecule has 0 bridgehead atoms. The first-order valence-electron chi connectivity index (χ1n) is 15.1. The maximum absolute atomic E-state index is 13.2. The number of carbonyl (C=O) groups is 2. The Balaban J connectivity index is 1.14. The summed E-state index contributed by atoms with van der Waals surface area (Å²) in [6.45, 7) is 12.4. The van der Waals surface area contributed by atoms with Crippen molar-refractivity contribution in [3.8, 4) is 11.5 Å². The van der Waals surface area contributed by atoms with Crippen molar-refractivity contribution in [2.45, 2.75) is 20.8 Å². The van der Waals surface area contributed by atoms with Crippen LogP contribution < -0.4 is 29.9 Å². The van der Waals surface area contributed by atoms with E-state index < -0.39 is 0 Å². The summed E-state index contributed by atoms with van der Waals surface area (Å²) in [6, 6.07) is 21.4. The molecular weight excluding hydrogens is 544 g/mol. The molecule has 43 heavy (non-hydrogen) atoms. The summed E-state index contributed by atoms with van der Waals surface area (Å²) in [7, 11) is 0. The largest absolute Gasteiger partial charge is 0.492 e. The fraction of sp³-hybridized carbons (Fsp3) is 0.394. The highest BCUT2D eigenvalue weighted by molar-refractivity contribution is 5.94. The first-order chi connectivity index (χ1) is 21.0. The zero-order chi connectivity index (χ0) is 30.2. The van der Waals surface area contributed by atoms with Crippen molar-refractivity contribution >= 4 is 34.8 Å². The van der Waals surface area contributed by atoms with Crippen LogP contribution in [0.5, 0.6) is 11.5 Å². The van der Waals surface area contributed by atoms with Gasteiger partial charge in [-0.05, 0) is 62.7 Å². The van der Waals surface area contributed by atoms with Crippen LogP contribution in [-0.4, -0.2) is 87.4 Å². The van der Waals surface area contributed by atoms with Gasteiger partial charge in [0.1, 0.15) is 11.5 Å². The number of piperazine rings is 2. The van der Waals surface area contributed by atoms with Crippen molar-refractivity contribution < 1.29 is 19.1 Å². The predicted molar refractivity (Wildman–Crippen MR) is 172 cm³/mol. The minimum atomic E-state index is -0.151. The number of benzene rings is 3. The van der Waals surface area contributed by atoms with Crippen LogP contribution in [0.2, 0.25) is 0 Å². The molecule has 2 fully saturated rings. The topological polar surface area (TPSA) is 89.6 Å². The number of hydrogen-bond donors (Lipinski definition) is 2. The highest BCUT2D eigenvalue weighted by atomic mass is 16.5. The second-order valence-corrected chi connectivity index (χ2v) is 10.6. The molecule has 4 amide bonds. The normalized spacial score (nSPS) is 15.2. The maximum atomic E-state index is 13.2. The highest BCUT2D eigenvalue weighted by Gasteiger charge is 2.25. The third-order valence-corrected chi connectivity index (χ3v) is 7.88. The number of aryl methyl sites for hydroxylation is 1. The Labute approximate surface area is 254 Å². The van der Waals surface area contributed by atoms with Gasteiger partial charge in [-0.25, -0.2) is 9.59 Å². The molecule has 0 unspecified atom stereocenters. The van der Waals surface area contributed by atoms with E-state index >= 15 is 0 Å². The third-order valence-electron chi connectivity index (χ3n) is 7.88. The molecule has 2 heterocycles. The minimum Gasteiger partial charge on any atom is -0.492 e. The van der Waals surface area contributed by atoms with E-state index in [9.17, 15) is 9.59 Å². The van der Waals surface area contributed by atoms with Gasteiger partial charge in [-0.15, -0.1) is 0 Å². The molecule has 0 atom stereocenters.